The number of aliphatic hydroxyl groups is 1. The van der Waals surface area contributed by atoms with Crippen molar-refractivity contribution in [2.45, 2.75) is 70.6 Å². The molecule has 2 amide bonds. The smallest absolute Gasteiger partial charge is 0.412 e. The number of aromatic nitrogens is 2. The maximum atomic E-state index is 13.5. The van der Waals surface area contributed by atoms with Crippen LogP contribution in [0.2, 0.25) is 0 Å². The van der Waals surface area contributed by atoms with Crippen LogP contribution in [-0.4, -0.2) is 44.4 Å². The molecule has 0 bridgehead atoms. The highest BCUT2D eigenvalue weighted by molar-refractivity contribution is 5.90. The molecule has 1 unspecified atom stereocenters. The second-order valence-electron chi connectivity index (χ2n) is 10.7. The van der Waals surface area contributed by atoms with E-state index in [1.807, 2.05) is 0 Å². The van der Waals surface area contributed by atoms with Crippen LogP contribution in [0, 0.1) is 0 Å². The summed E-state index contributed by atoms with van der Waals surface area (Å²) in [6.07, 6.45) is 4.91. The van der Waals surface area contributed by atoms with E-state index < -0.39 is 23.6 Å². The summed E-state index contributed by atoms with van der Waals surface area (Å²) >= 11 is 0. The topological polar surface area (TPSA) is 169 Å². The molecule has 12 heteroatoms. The number of amides is 2. The number of hydroxylamine groups is 1. The van der Waals surface area contributed by atoms with Gasteiger partial charge in [0, 0.05) is 29.5 Å². The Bertz CT molecular complexity index is 1680. The van der Waals surface area contributed by atoms with E-state index in [0.29, 0.717) is 48.5 Å². The molecule has 0 aliphatic carbocycles. The predicted molar refractivity (Wildman–Crippen MR) is 155 cm³/mol. The third-order valence-corrected chi connectivity index (χ3v) is 8.06. The van der Waals surface area contributed by atoms with E-state index in [4.69, 9.17) is 19.7 Å². The van der Waals surface area contributed by atoms with Crippen LogP contribution in [0.1, 0.15) is 67.7 Å². The molecule has 43 heavy (non-hydrogen) atoms. The summed E-state index contributed by atoms with van der Waals surface area (Å²) in [6, 6.07) is 6.81. The number of hydrogen-bond acceptors (Lipinski definition) is 9. The molecular formula is C31H34N4O8. The fourth-order valence-corrected chi connectivity index (χ4v) is 5.74. The maximum absolute atomic E-state index is 13.5. The number of nitrogens with zero attached hydrogens (tertiary/aromatic N) is 2. The largest absolute Gasteiger partial charge is 0.458 e. The molecule has 2 aliphatic rings. The van der Waals surface area contributed by atoms with Gasteiger partial charge in [-0.3, -0.25) is 14.8 Å². The van der Waals surface area contributed by atoms with Crippen LogP contribution in [0.5, 0.6) is 5.75 Å². The van der Waals surface area contributed by atoms with Crippen molar-refractivity contribution in [3.05, 3.63) is 69.5 Å². The first-order chi connectivity index (χ1) is 20.7. The molecule has 0 spiro atoms. The molecule has 0 saturated carbocycles. The van der Waals surface area contributed by atoms with Gasteiger partial charge in [0.15, 0.2) is 5.60 Å². The molecular weight excluding hydrogens is 556 g/mol. The summed E-state index contributed by atoms with van der Waals surface area (Å²) in [5.74, 6) is -0.854. The van der Waals surface area contributed by atoms with Gasteiger partial charge in [0.2, 0.25) is 5.91 Å². The SMILES string of the molecule is C=CCc1c2c(nc3ccc(OC(=O)NCCCCCCC(=O)NO)cc13)-c1cc3c(c(=O)n1C2)COC(=O)C3(O)CC. The highest BCUT2D eigenvalue weighted by atomic mass is 16.6. The van der Waals surface area contributed by atoms with Crippen molar-refractivity contribution >= 4 is 28.9 Å². The van der Waals surface area contributed by atoms with Crippen molar-refractivity contribution in [3.8, 4) is 17.1 Å². The van der Waals surface area contributed by atoms with Gasteiger partial charge in [0.25, 0.3) is 5.56 Å². The molecule has 4 heterocycles. The number of unbranched alkanes of at least 4 members (excludes halogenated alkanes) is 3. The number of carbonyl (C=O) groups excluding carboxylic acids is 3. The average molecular weight is 591 g/mol. The highest BCUT2D eigenvalue weighted by Gasteiger charge is 2.45. The Morgan fingerprint density at radius 3 is 2.72 bits per heavy atom. The van der Waals surface area contributed by atoms with Gasteiger partial charge >= 0.3 is 12.1 Å². The van der Waals surface area contributed by atoms with Crippen molar-refractivity contribution in [1.82, 2.24) is 20.3 Å². The number of cyclic esters (lactones) is 1. The van der Waals surface area contributed by atoms with Gasteiger partial charge in [-0.1, -0.05) is 25.8 Å². The Morgan fingerprint density at radius 1 is 1.19 bits per heavy atom. The first-order valence-corrected chi connectivity index (χ1v) is 14.3. The predicted octanol–water partition coefficient (Wildman–Crippen LogP) is 3.35. The number of benzene rings is 1. The molecule has 5 rings (SSSR count). The zero-order valence-electron chi connectivity index (χ0n) is 23.9. The van der Waals surface area contributed by atoms with Crippen LogP contribution in [0.15, 0.2) is 41.7 Å². The van der Waals surface area contributed by atoms with Crippen molar-refractivity contribution < 1.29 is 34.2 Å². The summed E-state index contributed by atoms with van der Waals surface area (Å²) in [6.45, 7) is 6.02. The number of nitrogens with one attached hydrogen (secondary N) is 2. The Kier molecular flexibility index (Phi) is 8.60. The van der Waals surface area contributed by atoms with Crippen molar-refractivity contribution in [1.29, 1.82) is 0 Å². The summed E-state index contributed by atoms with van der Waals surface area (Å²) in [7, 11) is 0. The molecule has 3 aromatic rings. The van der Waals surface area contributed by atoms with Crippen molar-refractivity contribution in [3.63, 3.8) is 0 Å². The number of rotatable bonds is 11. The van der Waals surface area contributed by atoms with Crippen molar-refractivity contribution in [2.75, 3.05) is 6.54 Å². The number of esters is 1. The van der Waals surface area contributed by atoms with Gasteiger partial charge in [-0.05, 0) is 55.5 Å². The van der Waals surface area contributed by atoms with Crippen molar-refractivity contribution in [2.24, 2.45) is 0 Å². The third kappa shape index (κ3) is 5.63. The lowest BCUT2D eigenvalue weighted by atomic mass is 9.86. The van der Waals surface area contributed by atoms with E-state index >= 15 is 0 Å². The van der Waals surface area contributed by atoms with Gasteiger partial charge < -0.3 is 24.5 Å². The van der Waals surface area contributed by atoms with Crippen LogP contribution >= 0.6 is 0 Å². The Labute approximate surface area is 247 Å². The third-order valence-electron chi connectivity index (χ3n) is 8.06. The molecule has 4 N–H and O–H groups in total. The summed E-state index contributed by atoms with van der Waals surface area (Å²) in [4.78, 5) is 54.3. The lowest BCUT2D eigenvalue weighted by Gasteiger charge is -2.31. The number of pyridine rings is 2. The lowest BCUT2D eigenvalue weighted by molar-refractivity contribution is -0.172. The normalized spacial score (nSPS) is 16.6. The number of carbonyl (C=O) groups is 3. The molecule has 2 aromatic heterocycles. The number of allylic oxidation sites excluding steroid dienone is 1. The minimum atomic E-state index is -1.91. The van der Waals surface area contributed by atoms with Gasteiger partial charge in [0.05, 0.1) is 29.0 Å². The monoisotopic (exact) mass is 590 g/mol. The standard InChI is InChI=1S/C31H34N4O8/c1-3-9-19-20-14-18(43-30(39)32-13-8-6-5-7-10-26(36)34-41)11-12-24(20)33-27-21(19)16-35-25(27)15-23-22(28(35)37)17-42-29(38)31(23,40)4-2/h3,11-12,14-15,40-41H,1,4-10,13,16-17H2,2H3,(H,32,39)(H,34,36). The number of hydrogen-bond donors (Lipinski definition) is 4. The summed E-state index contributed by atoms with van der Waals surface area (Å²) < 4.78 is 12.3. The summed E-state index contributed by atoms with van der Waals surface area (Å²) in [5.41, 5.74) is 3.31. The quantitative estimate of drug-likeness (QED) is 0.0673. The Hall–Kier alpha value is -4.55. The van der Waals surface area contributed by atoms with E-state index in [0.717, 1.165) is 29.4 Å². The Balaban J connectivity index is 1.37. The van der Waals surface area contributed by atoms with Crippen LogP contribution < -0.4 is 21.1 Å². The summed E-state index contributed by atoms with van der Waals surface area (Å²) in [5, 5.41) is 23.1. The van der Waals surface area contributed by atoms with E-state index in [2.05, 4.69) is 11.9 Å². The zero-order chi connectivity index (χ0) is 30.7. The number of ether oxygens (including phenoxy) is 2. The molecule has 226 valence electrons. The fourth-order valence-electron chi connectivity index (χ4n) is 5.74. The van der Waals surface area contributed by atoms with E-state index in [1.54, 1.807) is 47.3 Å². The number of fused-ring (bicyclic) bond motifs is 5. The zero-order valence-corrected chi connectivity index (χ0v) is 23.9. The molecule has 12 nitrogen and oxygen atoms in total. The Morgan fingerprint density at radius 2 is 1.98 bits per heavy atom. The van der Waals surface area contributed by atoms with Gasteiger partial charge in [-0.15, -0.1) is 6.58 Å². The molecule has 0 radical (unpaired) electrons. The second-order valence-corrected chi connectivity index (χ2v) is 10.7. The second kappa shape index (κ2) is 12.4. The van der Waals surface area contributed by atoms with Crippen LogP contribution in [-0.2, 0) is 39.5 Å². The van der Waals surface area contributed by atoms with E-state index in [-0.39, 0.29) is 42.7 Å². The molecule has 1 atom stereocenters. The van der Waals surface area contributed by atoms with Crippen LogP contribution in [0.3, 0.4) is 0 Å². The first kappa shape index (κ1) is 29.9. The molecule has 0 saturated heterocycles. The van der Waals surface area contributed by atoms with Gasteiger partial charge in [-0.2, -0.15) is 0 Å². The molecule has 1 aromatic carbocycles. The highest BCUT2D eigenvalue weighted by Crippen LogP contribution is 2.40. The molecule has 0 fully saturated rings. The fraction of sp³-hybridized carbons (Fsp3) is 0.387. The van der Waals surface area contributed by atoms with E-state index in [9.17, 15) is 24.3 Å². The minimum absolute atomic E-state index is 0.0588. The first-order valence-electron chi connectivity index (χ1n) is 14.3. The van der Waals surface area contributed by atoms with Gasteiger partial charge in [-0.25, -0.2) is 20.1 Å². The van der Waals surface area contributed by atoms with Crippen LogP contribution in [0.25, 0.3) is 22.3 Å². The molecule has 2 aliphatic heterocycles. The van der Waals surface area contributed by atoms with Crippen LogP contribution in [0.4, 0.5) is 4.79 Å². The average Bonchev–Trinajstić information content (AvgIpc) is 3.37. The minimum Gasteiger partial charge on any atom is -0.458 e. The van der Waals surface area contributed by atoms with Gasteiger partial charge in [0.1, 0.15) is 12.4 Å². The lowest BCUT2D eigenvalue weighted by Crippen LogP contribution is -2.44. The maximum Gasteiger partial charge on any atom is 0.412 e. The van der Waals surface area contributed by atoms with E-state index in [1.165, 1.54) is 0 Å².